The summed E-state index contributed by atoms with van der Waals surface area (Å²) in [6.45, 7) is 4.22. The van der Waals surface area contributed by atoms with Crippen LogP contribution < -0.4 is 5.32 Å². The molecular weight excluding hydrogens is 396 g/mol. The number of rotatable bonds is 7. The van der Waals surface area contributed by atoms with Crippen molar-refractivity contribution in [1.82, 2.24) is 10.2 Å². The zero-order valence-electron chi connectivity index (χ0n) is 17.8. The molecule has 0 fully saturated rings. The van der Waals surface area contributed by atoms with Crippen molar-refractivity contribution in [2.45, 2.75) is 30.8 Å². The number of fused-ring (bicyclic) bond motifs is 1. The SMILES string of the molecule is C[C@H](NC(=O)CN(C)[C@H](C)c1ccc(S(C)(=O)=O)cc1)c1ccc2ccccc2c1. The number of benzene rings is 3. The maximum absolute atomic E-state index is 12.6. The van der Waals surface area contributed by atoms with Crippen LogP contribution in [-0.2, 0) is 14.6 Å². The molecule has 3 aromatic rings. The first-order valence-electron chi connectivity index (χ1n) is 9.93. The van der Waals surface area contributed by atoms with Crippen LogP contribution in [0.1, 0.15) is 37.1 Å². The predicted molar refractivity (Wildman–Crippen MR) is 121 cm³/mol. The third-order valence-corrected chi connectivity index (χ3v) is 6.62. The second-order valence-corrected chi connectivity index (χ2v) is 9.84. The summed E-state index contributed by atoms with van der Waals surface area (Å²) in [6, 6.07) is 21.1. The van der Waals surface area contributed by atoms with Gasteiger partial charge in [-0.05, 0) is 61.0 Å². The van der Waals surface area contributed by atoms with Gasteiger partial charge in [-0.3, -0.25) is 9.69 Å². The van der Waals surface area contributed by atoms with Crippen molar-refractivity contribution < 1.29 is 13.2 Å². The smallest absolute Gasteiger partial charge is 0.234 e. The molecule has 0 aromatic heterocycles. The van der Waals surface area contributed by atoms with Gasteiger partial charge in [0, 0.05) is 12.3 Å². The number of nitrogens with one attached hydrogen (secondary N) is 1. The van der Waals surface area contributed by atoms with Gasteiger partial charge in [-0.2, -0.15) is 0 Å². The number of carbonyl (C=O) groups excluding carboxylic acids is 1. The van der Waals surface area contributed by atoms with Crippen LogP contribution in [0.4, 0.5) is 0 Å². The highest BCUT2D eigenvalue weighted by atomic mass is 32.2. The largest absolute Gasteiger partial charge is 0.348 e. The van der Waals surface area contributed by atoms with E-state index < -0.39 is 9.84 Å². The number of nitrogens with zero attached hydrogens (tertiary/aromatic N) is 1. The molecule has 0 aliphatic rings. The predicted octanol–water partition coefficient (Wildman–Crippen LogP) is 4.11. The van der Waals surface area contributed by atoms with Gasteiger partial charge >= 0.3 is 0 Å². The summed E-state index contributed by atoms with van der Waals surface area (Å²) >= 11 is 0. The van der Waals surface area contributed by atoms with Crippen molar-refractivity contribution in [3.8, 4) is 0 Å². The minimum Gasteiger partial charge on any atom is -0.348 e. The number of likely N-dealkylation sites (N-methyl/N-ethyl adjacent to an activating group) is 1. The van der Waals surface area contributed by atoms with Gasteiger partial charge in [-0.15, -0.1) is 0 Å². The Labute approximate surface area is 178 Å². The monoisotopic (exact) mass is 424 g/mol. The van der Waals surface area contributed by atoms with Crippen LogP contribution in [0.15, 0.2) is 71.6 Å². The standard InChI is InChI=1S/C24H28N2O3S/c1-17(21-10-9-20-7-5-6-8-22(20)15-21)25-24(27)16-26(3)18(2)19-11-13-23(14-12-19)30(4,28)29/h5-15,17-18H,16H2,1-4H3,(H,25,27)/t17-,18+/m0/s1. The van der Waals surface area contributed by atoms with Crippen LogP contribution in [0.3, 0.4) is 0 Å². The third-order valence-electron chi connectivity index (χ3n) is 5.50. The van der Waals surface area contributed by atoms with Crippen molar-refractivity contribution in [3.05, 3.63) is 77.9 Å². The minimum atomic E-state index is -3.22. The summed E-state index contributed by atoms with van der Waals surface area (Å²) in [6.07, 6.45) is 1.19. The Balaban J connectivity index is 1.61. The van der Waals surface area contributed by atoms with Gasteiger partial charge in [0.1, 0.15) is 0 Å². The van der Waals surface area contributed by atoms with Crippen LogP contribution in [0, 0.1) is 0 Å². The van der Waals surface area contributed by atoms with Crippen LogP contribution >= 0.6 is 0 Å². The van der Waals surface area contributed by atoms with E-state index in [-0.39, 0.29) is 24.5 Å². The summed E-state index contributed by atoms with van der Waals surface area (Å²) in [7, 11) is -1.33. The summed E-state index contributed by atoms with van der Waals surface area (Å²) in [4.78, 5) is 14.8. The van der Waals surface area contributed by atoms with Gasteiger partial charge in [0.15, 0.2) is 9.84 Å². The number of hydrogen-bond acceptors (Lipinski definition) is 4. The first kappa shape index (κ1) is 22.0. The molecule has 30 heavy (non-hydrogen) atoms. The molecule has 0 saturated carbocycles. The molecule has 1 N–H and O–H groups in total. The van der Waals surface area contributed by atoms with E-state index in [9.17, 15) is 13.2 Å². The molecule has 0 aliphatic carbocycles. The Morgan fingerprint density at radius 1 is 0.933 bits per heavy atom. The maximum atomic E-state index is 12.6. The van der Waals surface area contributed by atoms with Crippen LogP contribution in [0.5, 0.6) is 0 Å². The Morgan fingerprint density at radius 3 is 2.17 bits per heavy atom. The van der Waals surface area contributed by atoms with E-state index in [4.69, 9.17) is 0 Å². The van der Waals surface area contributed by atoms with Gasteiger partial charge in [0.25, 0.3) is 0 Å². The van der Waals surface area contributed by atoms with E-state index in [0.717, 1.165) is 16.5 Å². The van der Waals surface area contributed by atoms with Crippen molar-refractivity contribution in [2.24, 2.45) is 0 Å². The number of sulfone groups is 1. The van der Waals surface area contributed by atoms with E-state index in [1.807, 2.05) is 44.0 Å². The van der Waals surface area contributed by atoms with Crippen molar-refractivity contribution >= 4 is 26.5 Å². The van der Waals surface area contributed by atoms with Gasteiger partial charge in [-0.1, -0.05) is 48.5 Å². The van der Waals surface area contributed by atoms with Crippen molar-refractivity contribution in [3.63, 3.8) is 0 Å². The number of hydrogen-bond donors (Lipinski definition) is 1. The molecule has 3 aromatic carbocycles. The first-order valence-corrected chi connectivity index (χ1v) is 11.8. The molecular formula is C24H28N2O3S. The second-order valence-electron chi connectivity index (χ2n) is 7.83. The van der Waals surface area contributed by atoms with Gasteiger partial charge in [-0.25, -0.2) is 8.42 Å². The van der Waals surface area contributed by atoms with Gasteiger partial charge < -0.3 is 5.32 Å². The lowest BCUT2D eigenvalue weighted by Gasteiger charge is -2.25. The minimum absolute atomic E-state index is 0.0275. The van der Waals surface area contributed by atoms with Crippen LogP contribution in [-0.4, -0.2) is 39.1 Å². The van der Waals surface area contributed by atoms with Gasteiger partial charge in [0.05, 0.1) is 17.5 Å². The molecule has 3 rings (SSSR count). The van der Waals surface area contributed by atoms with E-state index in [2.05, 4.69) is 29.6 Å². The zero-order valence-corrected chi connectivity index (χ0v) is 18.6. The van der Waals surface area contributed by atoms with Crippen LogP contribution in [0.2, 0.25) is 0 Å². The molecule has 2 atom stereocenters. The fourth-order valence-electron chi connectivity index (χ4n) is 3.46. The first-order chi connectivity index (χ1) is 14.1. The topological polar surface area (TPSA) is 66.5 Å². The van der Waals surface area contributed by atoms with E-state index >= 15 is 0 Å². The fourth-order valence-corrected chi connectivity index (χ4v) is 4.09. The molecule has 0 spiro atoms. The summed E-state index contributed by atoms with van der Waals surface area (Å²) in [5.74, 6) is -0.0576. The highest BCUT2D eigenvalue weighted by Gasteiger charge is 2.17. The van der Waals surface area contributed by atoms with Crippen LogP contribution in [0.25, 0.3) is 10.8 Å². The molecule has 0 unspecified atom stereocenters. The highest BCUT2D eigenvalue weighted by Crippen LogP contribution is 2.22. The third kappa shape index (κ3) is 5.26. The molecule has 158 valence electrons. The van der Waals surface area contributed by atoms with Gasteiger partial charge in [0.2, 0.25) is 5.91 Å². The Kier molecular flexibility index (Phi) is 6.58. The summed E-state index contributed by atoms with van der Waals surface area (Å²) in [5.41, 5.74) is 2.02. The number of carbonyl (C=O) groups is 1. The van der Waals surface area contributed by atoms with Crippen molar-refractivity contribution in [2.75, 3.05) is 19.8 Å². The molecule has 6 heteroatoms. The Bertz CT molecular complexity index is 1140. The normalized spacial score (nSPS) is 13.9. The second kappa shape index (κ2) is 8.98. The highest BCUT2D eigenvalue weighted by molar-refractivity contribution is 7.90. The quantitative estimate of drug-likeness (QED) is 0.620. The van der Waals surface area contributed by atoms with Crippen molar-refractivity contribution in [1.29, 1.82) is 0 Å². The molecule has 0 radical (unpaired) electrons. The lowest BCUT2D eigenvalue weighted by Crippen LogP contribution is -2.37. The van der Waals surface area contributed by atoms with E-state index in [1.165, 1.54) is 11.6 Å². The zero-order chi connectivity index (χ0) is 21.9. The molecule has 0 aliphatic heterocycles. The lowest BCUT2D eigenvalue weighted by molar-refractivity contribution is -0.123. The lowest BCUT2D eigenvalue weighted by atomic mass is 10.0. The molecule has 1 amide bonds. The summed E-state index contributed by atoms with van der Waals surface area (Å²) < 4.78 is 23.2. The Morgan fingerprint density at radius 2 is 1.53 bits per heavy atom. The average Bonchev–Trinajstić information content (AvgIpc) is 2.72. The Hall–Kier alpha value is -2.70. The number of amides is 1. The van der Waals surface area contributed by atoms with E-state index in [0.29, 0.717) is 4.90 Å². The maximum Gasteiger partial charge on any atom is 0.234 e. The molecule has 0 bridgehead atoms. The average molecular weight is 425 g/mol. The fraction of sp³-hybridized carbons (Fsp3) is 0.292. The molecule has 0 heterocycles. The molecule has 5 nitrogen and oxygen atoms in total. The van der Waals surface area contributed by atoms with E-state index in [1.54, 1.807) is 24.3 Å². The summed E-state index contributed by atoms with van der Waals surface area (Å²) in [5, 5.41) is 5.40. The molecule has 0 saturated heterocycles.